The minimum Gasteiger partial charge on any atom is -0.312 e. The van der Waals surface area contributed by atoms with E-state index in [0.29, 0.717) is 6.04 Å². The van der Waals surface area contributed by atoms with Crippen molar-refractivity contribution in [3.63, 3.8) is 0 Å². The summed E-state index contributed by atoms with van der Waals surface area (Å²) in [5.74, 6) is 0.863. The van der Waals surface area contributed by atoms with Gasteiger partial charge in [-0.1, -0.05) is 36.4 Å². The highest BCUT2D eigenvalue weighted by Gasteiger charge is 2.36. The van der Waals surface area contributed by atoms with Gasteiger partial charge >= 0.3 is 0 Å². The van der Waals surface area contributed by atoms with E-state index >= 15 is 0 Å². The molecule has 1 unspecified atom stereocenters. The summed E-state index contributed by atoms with van der Waals surface area (Å²) in [5, 5.41) is 6.40. The Morgan fingerprint density at radius 2 is 1.95 bits per heavy atom. The molecule has 1 N–H and O–H groups in total. The standard InChI is InChI=1S/C19H24N2/c1-14(21-12-18-7-4-10-20-19(18)13-21)16-9-8-15-5-2-3-6-17(15)11-16/h2-3,5-6,8-9,11,14,18-20H,4,7,10,12-13H2,1H3/t14?,18-,19+/m0/s1. The first-order valence-electron chi connectivity index (χ1n) is 8.27. The highest BCUT2D eigenvalue weighted by atomic mass is 15.2. The van der Waals surface area contributed by atoms with Crippen molar-refractivity contribution in [2.45, 2.75) is 31.8 Å². The van der Waals surface area contributed by atoms with Gasteiger partial charge in [-0.05, 0) is 54.6 Å². The molecule has 2 heteroatoms. The summed E-state index contributed by atoms with van der Waals surface area (Å²) in [7, 11) is 0. The minimum atomic E-state index is 0.516. The quantitative estimate of drug-likeness (QED) is 0.904. The van der Waals surface area contributed by atoms with E-state index in [2.05, 4.69) is 59.6 Å². The van der Waals surface area contributed by atoms with Crippen LogP contribution in [0.3, 0.4) is 0 Å². The predicted octanol–water partition coefficient (Wildman–Crippen LogP) is 3.58. The van der Waals surface area contributed by atoms with Gasteiger partial charge in [0, 0.05) is 25.2 Å². The molecule has 0 radical (unpaired) electrons. The number of nitrogens with zero attached hydrogens (tertiary/aromatic N) is 1. The van der Waals surface area contributed by atoms with Crippen LogP contribution in [0.2, 0.25) is 0 Å². The van der Waals surface area contributed by atoms with Crippen molar-refractivity contribution >= 4 is 10.8 Å². The average molecular weight is 280 g/mol. The largest absolute Gasteiger partial charge is 0.312 e. The van der Waals surface area contributed by atoms with Gasteiger partial charge in [0.1, 0.15) is 0 Å². The summed E-state index contributed by atoms with van der Waals surface area (Å²) in [6.07, 6.45) is 2.75. The number of nitrogens with one attached hydrogen (secondary N) is 1. The normalized spacial score (nSPS) is 27.7. The molecule has 2 aromatic rings. The molecule has 0 saturated carbocycles. The Kier molecular flexibility index (Phi) is 3.44. The zero-order valence-corrected chi connectivity index (χ0v) is 12.8. The molecule has 4 rings (SSSR count). The van der Waals surface area contributed by atoms with Crippen LogP contribution < -0.4 is 5.32 Å². The second-order valence-corrected chi connectivity index (χ2v) is 6.70. The average Bonchev–Trinajstić information content (AvgIpc) is 2.97. The molecule has 0 spiro atoms. The Labute approximate surface area is 127 Å². The number of likely N-dealkylation sites (tertiary alicyclic amines) is 1. The van der Waals surface area contributed by atoms with Gasteiger partial charge in [0.25, 0.3) is 0 Å². The van der Waals surface area contributed by atoms with Crippen LogP contribution in [-0.2, 0) is 0 Å². The van der Waals surface area contributed by atoms with E-state index in [9.17, 15) is 0 Å². The Bertz CT molecular complexity index is 622. The van der Waals surface area contributed by atoms with Crippen LogP contribution in [-0.4, -0.2) is 30.6 Å². The third kappa shape index (κ3) is 2.47. The van der Waals surface area contributed by atoms with E-state index < -0.39 is 0 Å². The SMILES string of the molecule is CC(c1ccc2ccccc2c1)N1C[C@@H]2CCCN[C@@H]2C1. The maximum atomic E-state index is 3.71. The summed E-state index contributed by atoms with van der Waals surface area (Å²) in [4.78, 5) is 2.66. The van der Waals surface area contributed by atoms with Crippen LogP contribution in [0.25, 0.3) is 10.8 Å². The lowest BCUT2D eigenvalue weighted by Crippen LogP contribution is -2.40. The van der Waals surface area contributed by atoms with E-state index in [1.807, 2.05) is 0 Å². The van der Waals surface area contributed by atoms with Crippen LogP contribution >= 0.6 is 0 Å². The molecule has 2 heterocycles. The Balaban J connectivity index is 1.57. The molecular formula is C19H24N2. The molecule has 0 bridgehead atoms. The third-order valence-electron chi connectivity index (χ3n) is 5.43. The number of benzene rings is 2. The summed E-state index contributed by atoms with van der Waals surface area (Å²) < 4.78 is 0. The van der Waals surface area contributed by atoms with E-state index in [0.717, 1.165) is 12.0 Å². The maximum Gasteiger partial charge on any atom is 0.0320 e. The molecule has 2 fully saturated rings. The molecule has 2 aromatic carbocycles. The fraction of sp³-hybridized carbons (Fsp3) is 0.474. The van der Waals surface area contributed by atoms with E-state index in [1.54, 1.807) is 0 Å². The molecule has 2 aliphatic rings. The minimum absolute atomic E-state index is 0.516. The van der Waals surface area contributed by atoms with Crippen molar-refractivity contribution in [1.82, 2.24) is 10.2 Å². The van der Waals surface area contributed by atoms with Gasteiger partial charge in [-0.2, -0.15) is 0 Å². The summed E-state index contributed by atoms with van der Waals surface area (Å²) in [6.45, 7) is 6.03. The number of fused-ring (bicyclic) bond motifs is 2. The Hall–Kier alpha value is -1.38. The van der Waals surface area contributed by atoms with Crippen LogP contribution in [0.15, 0.2) is 42.5 Å². The molecule has 2 nitrogen and oxygen atoms in total. The molecule has 2 saturated heterocycles. The Morgan fingerprint density at radius 1 is 1.10 bits per heavy atom. The topological polar surface area (TPSA) is 15.3 Å². The van der Waals surface area contributed by atoms with Gasteiger partial charge in [0.05, 0.1) is 0 Å². The number of piperidine rings is 1. The van der Waals surface area contributed by atoms with Crippen molar-refractivity contribution in [2.75, 3.05) is 19.6 Å². The second kappa shape index (κ2) is 5.43. The fourth-order valence-corrected chi connectivity index (χ4v) is 4.07. The van der Waals surface area contributed by atoms with Crippen LogP contribution in [0, 0.1) is 5.92 Å². The fourth-order valence-electron chi connectivity index (χ4n) is 4.07. The highest BCUT2D eigenvalue weighted by molar-refractivity contribution is 5.83. The van der Waals surface area contributed by atoms with Gasteiger partial charge in [0.2, 0.25) is 0 Å². The van der Waals surface area contributed by atoms with Gasteiger partial charge in [-0.25, -0.2) is 0 Å². The molecule has 110 valence electrons. The first kappa shape index (κ1) is 13.3. The Morgan fingerprint density at radius 3 is 2.81 bits per heavy atom. The second-order valence-electron chi connectivity index (χ2n) is 6.70. The van der Waals surface area contributed by atoms with Gasteiger partial charge < -0.3 is 5.32 Å². The van der Waals surface area contributed by atoms with Crippen molar-refractivity contribution in [1.29, 1.82) is 0 Å². The monoisotopic (exact) mass is 280 g/mol. The number of hydrogen-bond donors (Lipinski definition) is 1. The molecule has 0 aliphatic carbocycles. The number of rotatable bonds is 2. The summed E-state index contributed by atoms with van der Waals surface area (Å²) in [6, 6.07) is 16.8. The molecule has 2 aliphatic heterocycles. The molecular weight excluding hydrogens is 256 g/mol. The van der Waals surface area contributed by atoms with Crippen LogP contribution in [0.4, 0.5) is 0 Å². The van der Waals surface area contributed by atoms with Gasteiger partial charge in [-0.3, -0.25) is 4.90 Å². The van der Waals surface area contributed by atoms with Crippen LogP contribution in [0.1, 0.15) is 31.4 Å². The zero-order chi connectivity index (χ0) is 14.2. The van der Waals surface area contributed by atoms with Crippen molar-refractivity contribution in [3.8, 4) is 0 Å². The van der Waals surface area contributed by atoms with E-state index in [1.165, 1.54) is 48.8 Å². The molecule has 21 heavy (non-hydrogen) atoms. The molecule has 0 aromatic heterocycles. The van der Waals surface area contributed by atoms with Gasteiger partial charge in [-0.15, -0.1) is 0 Å². The van der Waals surface area contributed by atoms with Crippen LogP contribution in [0.5, 0.6) is 0 Å². The lowest BCUT2D eigenvalue weighted by molar-refractivity contribution is 0.251. The highest BCUT2D eigenvalue weighted by Crippen LogP contribution is 2.32. The third-order valence-corrected chi connectivity index (χ3v) is 5.43. The molecule has 3 atom stereocenters. The molecule has 0 amide bonds. The number of hydrogen-bond acceptors (Lipinski definition) is 2. The zero-order valence-electron chi connectivity index (χ0n) is 12.8. The van der Waals surface area contributed by atoms with Crippen molar-refractivity contribution in [3.05, 3.63) is 48.0 Å². The van der Waals surface area contributed by atoms with Crippen molar-refractivity contribution < 1.29 is 0 Å². The van der Waals surface area contributed by atoms with E-state index in [-0.39, 0.29) is 0 Å². The summed E-state index contributed by atoms with van der Waals surface area (Å²) in [5.41, 5.74) is 1.45. The van der Waals surface area contributed by atoms with Crippen molar-refractivity contribution in [2.24, 2.45) is 5.92 Å². The first-order chi connectivity index (χ1) is 10.3. The first-order valence-corrected chi connectivity index (χ1v) is 8.27. The van der Waals surface area contributed by atoms with Gasteiger partial charge in [0.15, 0.2) is 0 Å². The lowest BCUT2D eigenvalue weighted by Gasteiger charge is -2.25. The maximum absolute atomic E-state index is 3.71. The predicted molar refractivity (Wildman–Crippen MR) is 88.5 cm³/mol. The summed E-state index contributed by atoms with van der Waals surface area (Å²) >= 11 is 0. The van der Waals surface area contributed by atoms with E-state index in [4.69, 9.17) is 0 Å². The lowest BCUT2D eigenvalue weighted by atomic mass is 9.94. The smallest absolute Gasteiger partial charge is 0.0320 e.